The van der Waals surface area contributed by atoms with Gasteiger partial charge in [-0.05, 0) is 19.1 Å². The van der Waals surface area contributed by atoms with E-state index in [0.29, 0.717) is 43.6 Å². The minimum Gasteiger partial charge on any atom is -0.448 e. The van der Waals surface area contributed by atoms with Gasteiger partial charge in [0.05, 0.1) is 0 Å². The van der Waals surface area contributed by atoms with Crippen molar-refractivity contribution in [2.75, 3.05) is 31.1 Å². The SMILES string of the molecule is Cc1ocnc1C(=O)N1CCN(c2nc3ccccc3o2)CC1. The molecule has 3 heterocycles. The van der Waals surface area contributed by atoms with Crippen LogP contribution < -0.4 is 4.90 Å². The van der Waals surface area contributed by atoms with Crippen molar-refractivity contribution < 1.29 is 13.6 Å². The Labute approximate surface area is 132 Å². The highest BCUT2D eigenvalue weighted by Gasteiger charge is 2.27. The Hall–Kier alpha value is -2.83. The van der Waals surface area contributed by atoms with E-state index in [9.17, 15) is 4.79 Å². The Morgan fingerprint density at radius 1 is 1.17 bits per heavy atom. The third kappa shape index (κ3) is 2.44. The van der Waals surface area contributed by atoms with E-state index in [0.717, 1.165) is 11.1 Å². The zero-order valence-electron chi connectivity index (χ0n) is 12.7. The van der Waals surface area contributed by atoms with E-state index in [2.05, 4.69) is 14.9 Å². The highest BCUT2D eigenvalue weighted by molar-refractivity contribution is 5.93. The molecular formula is C16H16N4O3. The van der Waals surface area contributed by atoms with Crippen LogP contribution in [0.1, 0.15) is 16.2 Å². The van der Waals surface area contributed by atoms with Crippen molar-refractivity contribution in [1.82, 2.24) is 14.9 Å². The van der Waals surface area contributed by atoms with Crippen molar-refractivity contribution in [2.45, 2.75) is 6.92 Å². The van der Waals surface area contributed by atoms with Crippen LogP contribution in [0.5, 0.6) is 0 Å². The average Bonchev–Trinajstić information content (AvgIpc) is 3.20. The van der Waals surface area contributed by atoms with E-state index >= 15 is 0 Å². The molecule has 1 aliphatic heterocycles. The lowest BCUT2D eigenvalue weighted by atomic mass is 10.2. The summed E-state index contributed by atoms with van der Waals surface area (Å²) in [6.45, 7) is 4.30. The Morgan fingerprint density at radius 2 is 1.96 bits per heavy atom. The van der Waals surface area contributed by atoms with Gasteiger partial charge in [-0.3, -0.25) is 4.79 Å². The number of carbonyl (C=O) groups is 1. The summed E-state index contributed by atoms with van der Waals surface area (Å²) in [6.07, 6.45) is 1.30. The van der Waals surface area contributed by atoms with E-state index in [-0.39, 0.29) is 5.91 Å². The molecule has 1 fully saturated rings. The maximum Gasteiger partial charge on any atom is 0.298 e. The second-order valence-electron chi connectivity index (χ2n) is 5.50. The quantitative estimate of drug-likeness (QED) is 0.721. The fourth-order valence-electron chi connectivity index (χ4n) is 2.76. The number of rotatable bonds is 2. The number of amides is 1. The van der Waals surface area contributed by atoms with Gasteiger partial charge >= 0.3 is 0 Å². The molecule has 1 amide bonds. The standard InChI is InChI=1S/C16H16N4O3/c1-11-14(17-10-22-11)15(21)19-6-8-20(9-7-19)16-18-12-4-2-3-5-13(12)23-16/h2-5,10H,6-9H2,1H3. The number of carbonyl (C=O) groups excluding carboxylic acids is 1. The van der Waals surface area contributed by atoms with Gasteiger partial charge in [0, 0.05) is 26.2 Å². The predicted octanol–water partition coefficient (Wildman–Crippen LogP) is 2.09. The van der Waals surface area contributed by atoms with E-state index in [1.165, 1.54) is 6.39 Å². The fraction of sp³-hybridized carbons (Fsp3) is 0.312. The van der Waals surface area contributed by atoms with Gasteiger partial charge in [0.2, 0.25) is 0 Å². The number of anilines is 1. The second-order valence-corrected chi connectivity index (χ2v) is 5.50. The number of piperazine rings is 1. The summed E-state index contributed by atoms with van der Waals surface area (Å²) in [5, 5.41) is 0. The number of aryl methyl sites for hydroxylation is 1. The van der Waals surface area contributed by atoms with Gasteiger partial charge < -0.3 is 18.6 Å². The molecule has 0 unspecified atom stereocenters. The van der Waals surface area contributed by atoms with Gasteiger partial charge in [-0.15, -0.1) is 0 Å². The normalized spacial score (nSPS) is 15.3. The van der Waals surface area contributed by atoms with Crippen LogP contribution in [0, 0.1) is 6.92 Å². The van der Waals surface area contributed by atoms with Gasteiger partial charge in [0.25, 0.3) is 11.9 Å². The molecule has 1 aromatic carbocycles. The number of nitrogens with zero attached hydrogens (tertiary/aromatic N) is 4. The van der Waals surface area contributed by atoms with Gasteiger partial charge in [0.15, 0.2) is 17.7 Å². The minimum atomic E-state index is -0.0894. The largest absolute Gasteiger partial charge is 0.448 e. The topological polar surface area (TPSA) is 75.6 Å². The van der Waals surface area contributed by atoms with Crippen molar-refractivity contribution >= 4 is 23.0 Å². The third-order valence-electron chi connectivity index (χ3n) is 4.07. The van der Waals surface area contributed by atoms with Crippen LogP contribution in [-0.4, -0.2) is 47.0 Å². The second kappa shape index (κ2) is 5.42. The zero-order chi connectivity index (χ0) is 15.8. The number of aromatic nitrogens is 2. The maximum atomic E-state index is 12.4. The van der Waals surface area contributed by atoms with Crippen LogP contribution in [-0.2, 0) is 0 Å². The first kappa shape index (κ1) is 13.8. The monoisotopic (exact) mass is 312 g/mol. The third-order valence-corrected chi connectivity index (χ3v) is 4.07. The summed E-state index contributed by atoms with van der Waals surface area (Å²) in [6, 6.07) is 8.30. The predicted molar refractivity (Wildman–Crippen MR) is 83.4 cm³/mol. The summed E-state index contributed by atoms with van der Waals surface area (Å²) in [5.74, 6) is 0.463. The molecule has 0 bridgehead atoms. The molecule has 4 rings (SSSR count). The summed E-state index contributed by atoms with van der Waals surface area (Å²) in [7, 11) is 0. The molecule has 0 aliphatic carbocycles. The molecule has 1 saturated heterocycles. The molecule has 1 aliphatic rings. The van der Waals surface area contributed by atoms with Crippen molar-refractivity contribution in [2.24, 2.45) is 0 Å². The lowest BCUT2D eigenvalue weighted by Crippen LogP contribution is -2.49. The van der Waals surface area contributed by atoms with Gasteiger partial charge in [0.1, 0.15) is 11.3 Å². The summed E-state index contributed by atoms with van der Waals surface area (Å²) < 4.78 is 10.9. The molecule has 118 valence electrons. The number of oxazole rings is 2. The van der Waals surface area contributed by atoms with Crippen molar-refractivity contribution in [3.63, 3.8) is 0 Å². The van der Waals surface area contributed by atoms with Gasteiger partial charge in [-0.1, -0.05) is 12.1 Å². The Morgan fingerprint density at radius 3 is 2.65 bits per heavy atom. The molecule has 2 aromatic heterocycles. The summed E-state index contributed by atoms with van der Waals surface area (Å²) >= 11 is 0. The molecule has 0 atom stereocenters. The first-order valence-corrected chi connectivity index (χ1v) is 7.52. The summed E-state index contributed by atoms with van der Waals surface area (Å²) in [4.78, 5) is 24.7. The molecule has 0 radical (unpaired) electrons. The number of fused-ring (bicyclic) bond motifs is 1. The van der Waals surface area contributed by atoms with Crippen molar-refractivity contribution in [1.29, 1.82) is 0 Å². The first-order valence-electron chi connectivity index (χ1n) is 7.52. The smallest absolute Gasteiger partial charge is 0.298 e. The van der Waals surface area contributed by atoms with Crippen LogP contribution >= 0.6 is 0 Å². The van der Waals surface area contributed by atoms with E-state index in [1.807, 2.05) is 24.3 Å². The Balaban J connectivity index is 1.46. The Bertz CT molecular complexity index is 813. The lowest BCUT2D eigenvalue weighted by molar-refractivity contribution is 0.0738. The molecule has 23 heavy (non-hydrogen) atoms. The van der Waals surface area contributed by atoms with E-state index < -0.39 is 0 Å². The van der Waals surface area contributed by atoms with Crippen LogP contribution in [0.4, 0.5) is 6.01 Å². The average molecular weight is 312 g/mol. The highest BCUT2D eigenvalue weighted by atomic mass is 16.4. The lowest BCUT2D eigenvalue weighted by Gasteiger charge is -2.33. The van der Waals surface area contributed by atoms with Crippen LogP contribution in [0.25, 0.3) is 11.1 Å². The molecule has 3 aromatic rings. The minimum absolute atomic E-state index is 0.0894. The molecule has 7 nitrogen and oxygen atoms in total. The summed E-state index contributed by atoms with van der Waals surface area (Å²) in [5.41, 5.74) is 2.01. The Kier molecular flexibility index (Phi) is 3.25. The van der Waals surface area contributed by atoms with Crippen molar-refractivity contribution in [3.05, 3.63) is 42.1 Å². The van der Waals surface area contributed by atoms with Crippen molar-refractivity contribution in [3.8, 4) is 0 Å². The van der Waals surface area contributed by atoms with Crippen LogP contribution in [0.2, 0.25) is 0 Å². The molecule has 0 saturated carbocycles. The first-order chi connectivity index (χ1) is 11.2. The molecule has 7 heteroatoms. The van der Waals surface area contributed by atoms with Gasteiger partial charge in [-0.25, -0.2) is 4.98 Å². The van der Waals surface area contributed by atoms with Gasteiger partial charge in [-0.2, -0.15) is 4.98 Å². The fourth-order valence-corrected chi connectivity index (χ4v) is 2.76. The molecule has 0 spiro atoms. The van der Waals surface area contributed by atoms with Crippen LogP contribution in [0.15, 0.2) is 39.5 Å². The number of hydrogen-bond donors (Lipinski definition) is 0. The zero-order valence-corrected chi connectivity index (χ0v) is 12.7. The highest BCUT2D eigenvalue weighted by Crippen LogP contribution is 2.23. The molecule has 0 N–H and O–H groups in total. The van der Waals surface area contributed by atoms with E-state index in [1.54, 1.807) is 11.8 Å². The number of hydrogen-bond acceptors (Lipinski definition) is 6. The maximum absolute atomic E-state index is 12.4. The molecular weight excluding hydrogens is 296 g/mol. The van der Waals surface area contributed by atoms with Crippen LogP contribution in [0.3, 0.4) is 0 Å². The number of para-hydroxylation sites is 2. The number of benzene rings is 1. The van der Waals surface area contributed by atoms with E-state index in [4.69, 9.17) is 8.83 Å².